The van der Waals surface area contributed by atoms with Gasteiger partial charge in [0.25, 0.3) is 0 Å². The molecule has 7 nitrogen and oxygen atoms in total. The number of aromatic nitrogens is 6. The van der Waals surface area contributed by atoms with Gasteiger partial charge in [-0.3, -0.25) is 0 Å². The minimum absolute atomic E-state index is 0.473. The summed E-state index contributed by atoms with van der Waals surface area (Å²) in [5, 5.41) is 8.17. The molecule has 144 valence electrons. The monoisotopic (exact) mass is 375 g/mol. The Labute approximate surface area is 163 Å². The zero-order valence-corrected chi connectivity index (χ0v) is 16.6. The Bertz CT molecular complexity index is 1150. The number of nitrogens with zero attached hydrogens (tertiary/aromatic N) is 6. The molecule has 0 unspecified atom stereocenters. The second kappa shape index (κ2) is 6.58. The van der Waals surface area contributed by atoms with Crippen LogP contribution in [-0.2, 0) is 7.05 Å². The van der Waals surface area contributed by atoms with E-state index in [2.05, 4.69) is 27.3 Å². The summed E-state index contributed by atoms with van der Waals surface area (Å²) in [6.45, 7) is 4.32. The fourth-order valence-electron chi connectivity index (χ4n) is 4.10. The molecule has 5 rings (SSSR count). The number of anilines is 1. The molecule has 1 aliphatic rings. The average Bonchev–Trinajstić information content (AvgIpc) is 3.24. The molecule has 1 aliphatic carbocycles. The molecule has 0 bridgehead atoms. The number of pyridine rings is 1. The lowest BCUT2D eigenvalue weighted by atomic mass is 9.87. The first-order valence-electron chi connectivity index (χ1n) is 10.00. The van der Waals surface area contributed by atoms with Crippen molar-refractivity contribution in [3.63, 3.8) is 0 Å². The van der Waals surface area contributed by atoms with Crippen molar-refractivity contribution < 1.29 is 0 Å². The lowest BCUT2D eigenvalue weighted by Crippen LogP contribution is -2.26. The van der Waals surface area contributed by atoms with Crippen molar-refractivity contribution in [2.75, 3.05) is 5.32 Å². The van der Waals surface area contributed by atoms with E-state index in [4.69, 9.17) is 4.98 Å². The number of fused-ring (bicyclic) bond motifs is 2. The molecule has 28 heavy (non-hydrogen) atoms. The van der Waals surface area contributed by atoms with Gasteiger partial charge in [-0.15, -0.1) is 5.10 Å². The Balaban J connectivity index is 1.46. The van der Waals surface area contributed by atoms with Crippen molar-refractivity contribution in [2.45, 2.75) is 45.6 Å². The third kappa shape index (κ3) is 2.91. The van der Waals surface area contributed by atoms with E-state index in [-0.39, 0.29) is 0 Å². The summed E-state index contributed by atoms with van der Waals surface area (Å²) < 4.78 is 3.90. The predicted octanol–water partition coefficient (Wildman–Crippen LogP) is 3.98. The van der Waals surface area contributed by atoms with Crippen LogP contribution in [0.3, 0.4) is 0 Å². The highest BCUT2D eigenvalue weighted by atomic mass is 15.3. The lowest BCUT2D eigenvalue weighted by Gasteiger charge is -2.26. The number of nitrogens with one attached hydrogen (secondary N) is 1. The van der Waals surface area contributed by atoms with Crippen molar-refractivity contribution in [3.05, 3.63) is 36.4 Å². The molecule has 4 aromatic heterocycles. The van der Waals surface area contributed by atoms with Crippen LogP contribution >= 0.6 is 0 Å². The molecule has 0 spiro atoms. The molecule has 0 saturated heterocycles. The van der Waals surface area contributed by atoms with Gasteiger partial charge < -0.3 is 9.88 Å². The molecule has 0 atom stereocenters. The first kappa shape index (κ1) is 17.2. The first-order valence-corrected chi connectivity index (χ1v) is 10.00. The van der Waals surface area contributed by atoms with Gasteiger partial charge >= 0.3 is 0 Å². The first-order chi connectivity index (χ1) is 13.6. The van der Waals surface area contributed by atoms with Gasteiger partial charge in [0.15, 0.2) is 5.65 Å². The highest BCUT2D eigenvalue weighted by molar-refractivity contribution is 5.82. The highest BCUT2D eigenvalue weighted by Crippen LogP contribution is 2.27. The second-order valence-corrected chi connectivity index (χ2v) is 8.00. The van der Waals surface area contributed by atoms with Crippen molar-refractivity contribution in [1.82, 2.24) is 29.1 Å². The summed E-state index contributed by atoms with van der Waals surface area (Å²) in [5.41, 5.74) is 4.69. The molecule has 1 saturated carbocycles. The fourth-order valence-corrected chi connectivity index (χ4v) is 4.10. The van der Waals surface area contributed by atoms with E-state index in [0.29, 0.717) is 12.0 Å². The summed E-state index contributed by atoms with van der Waals surface area (Å²) in [7, 11) is 1.99. The van der Waals surface area contributed by atoms with Crippen LogP contribution in [0.5, 0.6) is 0 Å². The Kier molecular flexibility index (Phi) is 4.03. The third-order valence-electron chi connectivity index (χ3n) is 5.98. The quantitative estimate of drug-likeness (QED) is 0.586. The van der Waals surface area contributed by atoms with E-state index >= 15 is 0 Å². The van der Waals surface area contributed by atoms with Crippen LogP contribution in [0.1, 0.15) is 38.4 Å². The number of imidazole rings is 1. The molecular weight excluding hydrogens is 350 g/mol. The molecular formula is C21H25N7. The normalized spacial score (nSPS) is 20.1. The molecule has 1 fully saturated rings. The predicted molar refractivity (Wildman–Crippen MR) is 110 cm³/mol. The van der Waals surface area contributed by atoms with Gasteiger partial charge in [-0.05, 0) is 56.7 Å². The van der Waals surface area contributed by atoms with Crippen LogP contribution in [-0.4, -0.2) is 35.2 Å². The smallest absolute Gasteiger partial charge is 0.241 e. The van der Waals surface area contributed by atoms with Gasteiger partial charge in [0, 0.05) is 24.8 Å². The van der Waals surface area contributed by atoms with Crippen LogP contribution in [0, 0.1) is 12.8 Å². The molecule has 0 radical (unpaired) electrons. The van der Waals surface area contributed by atoms with Gasteiger partial charge in [0.2, 0.25) is 5.95 Å². The van der Waals surface area contributed by atoms with E-state index in [1.165, 1.54) is 25.7 Å². The maximum atomic E-state index is 4.83. The molecule has 0 aliphatic heterocycles. The molecule has 4 aromatic rings. The average molecular weight is 375 g/mol. The standard InChI is InChI=1S/C21H25N7/c1-13-4-6-15(7-5-13)24-21-22-12-19-16(10-11-28(19)26-21)17-8-9-18-20(25-17)27(3)14(2)23-18/h8-13,15H,4-7H2,1-3H3,(H,24,26)/t13-,15+. The van der Waals surface area contributed by atoms with E-state index in [1.54, 1.807) is 0 Å². The van der Waals surface area contributed by atoms with Crippen molar-refractivity contribution >= 4 is 22.6 Å². The Morgan fingerprint density at radius 2 is 1.89 bits per heavy atom. The van der Waals surface area contributed by atoms with E-state index < -0.39 is 0 Å². The Morgan fingerprint density at radius 3 is 2.71 bits per heavy atom. The summed E-state index contributed by atoms with van der Waals surface area (Å²) in [6.07, 6.45) is 8.78. The van der Waals surface area contributed by atoms with Crippen LogP contribution in [0.25, 0.3) is 27.9 Å². The van der Waals surface area contributed by atoms with Crippen LogP contribution in [0.2, 0.25) is 0 Å². The number of hydrogen-bond donors (Lipinski definition) is 1. The third-order valence-corrected chi connectivity index (χ3v) is 5.98. The minimum atomic E-state index is 0.473. The summed E-state index contributed by atoms with van der Waals surface area (Å²) in [6, 6.07) is 6.56. The van der Waals surface area contributed by atoms with Crippen molar-refractivity contribution in [2.24, 2.45) is 13.0 Å². The van der Waals surface area contributed by atoms with Crippen molar-refractivity contribution in [1.29, 1.82) is 0 Å². The minimum Gasteiger partial charge on any atom is -0.350 e. The van der Waals surface area contributed by atoms with Crippen molar-refractivity contribution in [3.8, 4) is 11.3 Å². The second-order valence-electron chi connectivity index (χ2n) is 8.00. The summed E-state index contributed by atoms with van der Waals surface area (Å²) in [4.78, 5) is 13.9. The van der Waals surface area contributed by atoms with Crippen LogP contribution in [0.4, 0.5) is 5.95 Å². The van der Waals surface area contributed by atoms with Gasteiger partial charge in [0.1, 0.15) is 11.3 Å². The molecule has 1 N–H and O–H groups in total. The Hall–Kier alpha value is -2.96. The summed E-state index contributed by atoms with van der Waals surface area (Å²) >= 11 is 0. The van der Waals surface area contributed by atoms with Gasteiger partial charge in [0.05, 0.1) is 17.4 Å². The number of hydrogen-bond acceptors (Lipinski definition) is 5. The van der Waals surface area contributed by atoms with E-state index in [9.17, 15) is 0 Å². The van der Waals surface area contributed by atoms with Gasteiger partial charge in [-0.25, -0.2) is 19.5 Å². The van der Waals surface area contributed by atoms with E-state index in [0.717, 1.165) is 39.7 Å². The zero-order chi connectivity index (χ0) is 19.3. The van der Waals surface area contributed by atoms with Gasteiger partial charge in [-0.2, -0.15) is 0 Å². The molecule has 4 heterocycles. The SMILES string of the molecule is Cc1nc2ccc(-c3ccn4nc(N[C@H]5CC[C@@H](C)CC5)ncc34)nc2n1C. The number of aryl methyl sites for hydroxylation is 2. The number of rotatable bonds is 3. The van der Waals surface area contributed by atoms with Crippen LogP contribution in [0.15, 0.2) is 30.6 Å². The fraction of sp³-hybridized carbons (Fsp3) is 0.429. The maximum absolute atomic E-state index is 4.83. The maximum Gasteiger partial charge on any atom is 0.241 e. The Morgan fingerprint density at radius 1 is 1.07 bits per heavy atom. The zero-order valence-electron chi connectivity index (χ0n) is 16.6. The topological polar surface area (TPSA) is 72.9 Å². The van der Waals surface area contributed by atoms with Gasteiger partial charge in [-0.1, -0.05) is 6.92 Å². The molecule has 7 heteroatoms. The molecule has 0 amide bonds. The lowest BCUT2D eigenvalue weighted by molar-refractivity contribution is 0.360. The largest absolute Gasteiger partial charge is 0.350 e. The van der Waals surface area contributed by atoms with Crippen LogP contribution < -0.4 is 5.32 Å². The summed E-state index contributed by atoms with van der Waals surface area (Å²) in [5.74, 6) is 2.49. The highest BCUT2D eigenvalue weighted by Gasteiger charge is 2.19. The molecule has 0 aromatic carbocycles. The van der Waals surface area contributed by atoms with E-state index in [1.807, 2.05) is 53.6 Å².